The highest BCUT2D eigenvalue weighted by atomic mass is 32.2. The maximum Gasteiger partial charge on any atom is 0.220 e. The fraction of sp³-hybridized carbons (Fsp3) is 0.353. The van der Waals surface area contributed by atoms with Gasteiger partial charge in [0.2, 0.25) is 5.91 Å². The summed E-state index contributed by atoms with van der Waals surface area (Å²) < 4.78 is 0. The van der Waals surface area contributed by atoms with Crippen LogP contribution < -0.4 is 5.32 Å². The molecule has 0 saturated carbocycles. The Morgan fingerprint density at radius 2 is 2.00 bits per heavy atom. The van der Waals surface area contributed by atoms with Crippen molar-refractivity contribution in [3.05, 3.63) is 48.0 Å². The number of thioether (sulfide) groups is 1. The van der Waals surface area contributed by atoms with E-state index in [1.54, 1.807) is 11.8 Å². The first-order chi connectivity index (χ1) is 10.2. The zero-order valence-corrected chi connectivity index (χ0v) is 13.0. The first kappa shape index (κ1) is 15.9. The van der Waals surface area contributed by atoms with Gasteiger partial charge in [-0.15, -0.1) is 0 Å². The Morgan fingerprint density at radius 1 is 1.24 bits per heavy atom. The summed E-state index contributed by atoms with van der Waals surface area (Å²) in [7, 11) is 0. The van der Waals surface area contributed by atoms with E-state index in [-0.39, 0.29) is 12.5 Å². The molecule has 0 bridgehead atoms. The Balaban J connectivity index is 1.89. The molecule has 112 valence electrons. The summed E-state index contributed by atoms with van der Waals surface area (Å²) in [6.45, 7) is 2.33. The predicted octanol–water partition coefficient (Wildman–Crippen LogP) is 3.13. The Hall–Kier alpha value is -1.52. The van der Waals surface area contributed by atoms with E-state index in [1.807, 2.05) is 42.5 Å². The van der Waals surface area contributed by atoms with Crippen molar-refractivity contribution >= 4 is 28.4 Å². The minimum atomic E-state index is -0.669. The molecule has 3 nitrogen and oxygen atoms in total. The monoisotopic (exact) mass is 303 g/mol. The van der Waals surface area contributed by atoms with Crippen molar-refractivity contribution in [3.8, 4) is 0 Å². The Kier molecular flexibility index (Phi) is 6.08. The number of hydrogen-bond donors (Lipinski definition) is 2. The first-order valence-electron chi connectivity index (χ1n) is 7.22. The molecule has 0 aromatic heterocycles. The Bertz CT molecular complexity index is 600. The third kappa shape index (κ3) is 4.76. The molecule has 0 saturated heterocycles. The lowest BCUT2D eigenvalue weighted by atomic mass is 10.0. The summed E-state index contributed by atoms with van der Waals surface area (Å²) in [5, 5.41) is 15.2. The summed E-state index contributed by atoms with van der Waals surface area (Å²) in [6, 6.07) is 13.9. The molecule has 21 heavy (non-hydrogen) atoms. The van der Waals surface area contributed by atoms with Crippen LogP contribution in [0.4, 0.5) is 0 Å². The van der Waals surface area contributed by atoms with Crippen LogP contribution in [0.2, 0.25) is 0 Å². The second-order valence-electron chi connectivity index (χ2n) is 4.87. The largest absolute Gasteiger partial charge is 0.387 e. The van der Waals surface area contributed by atoms with Gasteiger partial charge in [0.05, 0.1) is 6.10 Å². The quantitative estimate of drug-likeness (QED) is 0.773. The molecule has 0 aliphatic heterocycles. The van der Waals surface area contributed by atoms with Gasteiger partial charge in [-0.25, -0.2) is 0 Å². The molecular formula is C17H21NO2S. The van der Waals surface area contributed by atoms with Gasteiger partial charge in [-0.05, 0) is 28.2 Å². The minimum Gasteiger partial charge on any atom is -0.387 e. The van der Waals surface area contributed by atoms with Gasteiger partial charge in [0.25, 0.3) is 0 Å². The van der Waals surface area contributed by atoms with Gasteiger partial charge in [0.1, 0.15) is 0 Å². The van der Waals surface area contributed by atoms with E-state index in [2.05, 4.69) is 12.2 Å². The Labute approximate surface area is 129 Å². The summed E-state index contributed by atoms with van der Waals surface area (Å²) in [6.07, 6.45) is -0.166. The lowest BCUT2D eigenvalue weighted by Crippen LogP contribution is -2.28. The second kappa shape index (κ2) is 8.05. The van der Waals surface area contributed by atoms with Gasteiger partial charge < -0.3 is 10.4 Å². The van der Waals surface area contributed by atoms with Crippen LogP contribution in [-0.4, -0.2) is 29.1 Å². The normalized spacial score (nSPS) is 12.3. The maximum absolute atomic E-state index is 11.6. The molecule has 0 aliphatic rings. The standard InChI is InChI=1S/C17H21NO2S/c1-2-21-10-9-17(20)18-12-16(19)15-8-7-13-5-3-4-6-14(13)11-15/h3-8,11,16,19H,2,9-10,12H2,1H3,(H,18,20)/t16-/m0/s1. The molecule has 2 N–H and O–H groups in total. The number of carbonyl (C=O) groups is 1. The SMILES string of the molecule is CCSCCC(=O)NC[C@H](O)c1ccc2ccccc2c1. The summed E-state index contributed by atoms with van der Waals surface area (Å²) in [5.41, 5.74) is 0.830. The smallest absolute Gasteiger partial charge is 0.220 e. The molecule has 0 fully saturated rings. The number of benzene rings is 2. The van der Waals surface area contributed by atoms with Crippen molar-refractivity contribution < 1.29 is 9.90 Å². The predicted molar refractivity (Wildman–Crippen MR) is 89.5 cm³/mol. The third-order valence-corrected chi connectivity index (χ3v) is 4.23. The van der Waals surface area contributed by atoms with Crippen LogP contribution >= 0.6 is 11.8 Å². The number of hydrogen-bond acceptors (Lipinski definition) is 3. The Morgan fingerprint density at radius 3 is 2.76 bits per heavy atom. The molecule has 2 aromatic rings. The van der Waals surface area contributed by atoms with E-state index in [0.717, 1.165) is 27.8 Å². The topological polar surface area (TPSA) is 49.3 Å². The van der Waals surface area contributed by atoms with Gasteiger partial charge in [-0.3, -0.25) is 4.79 Å². The molecular weight excluding hydrogens is 282 g/mol. The maximum atomic E-state index is 11.6. The first-order valence-corrected chi connectivity index (χ1v) is 8.37. The molecule has 0 unspecified atom stereocenters. The van der Waals surface area contributed by atoms with E-state index in [1.165, 1.54) is 0 Å². The number of aliphatic hydroxyl groups is 1. The average Bonchev–Trinajstić information content (AvgIpc) is 2.52. The van der Waals surface area contributed by atoms with Crippen molar-refractivity contribution in [3.63, 3.8) is 0 Å². The number of rotatable bonds is 7. The van der Waals surface area contributed by atoms with E-state index in [4.69, 9.17) is 0 Å². The van der Waals surface area contributed by atoms with E-state index in [0.29, 0.717) is 6.42 Å². The molecule has 2 rings (SSSR count). The zero-order chi connectivity index (χ0) is 15.1. The molecule has 0 spiro atoms. The number of aliphatic hydroxyl groups excluding tert-OH is 1. The molecule has 4 heteroatoms. The van der Waals surface area contributed by atoms with E-state index >= 15 is 0 Å². The third-order valence-electron chi connectivity index (χ3n) is 3.33. The zero-order valence-electron chi connectivity index (χ0n) is 12.2. The highest BCUT2D eigenvalue weighted by Crippen LogP contribution is 2.20. The number of carbonyl (C=O) groups excluding carboxylic acids is 1. The minimum absolute atomic E-state index is 0.00390. The highest BCUT2D eigenvalue weighted by Gasteiger charge is 2.10. The van der Waals surface area contributed by atoms with Gasteiger partial charge in [0, 0.05) is 18.7 Å². The summed E-state index contributed by atoms with van der Waals surface area (Å²) in [5.74, 6) is 1.84. The highest BCUT2D eigenvalue weighted by molar-refractivity contribution is 7.99. The van der Waals surface area contributed by atoms with Gasteiger partial charge in [0.15, 0.2) is 0 Å². The molecule has 0 heterocycles. The van der Waals surface area contributed by atoms with Gasteiger partial charge >= 0.3 is 0 Å². The van der Waals surface area contributed by atoms with Crippen molar-refractivity contribution in [2.75, 3.05) is 18.1 Å². The van der Waals surface area contributed by atoms with Crippen LogP contribution in [0.3, 0.4) is 0 Å². The van der Waals surface area contributed by atoms with Crippen LogP contribution in [0.15, 0.2) is 42.5 Å². The number of amides is 1. The summed E-state index contributed by atoms with van der Waals surface area (Å²) in [4.78, 5) is 11.6. The van der Waals surface area contributed by atoms with Crippen LogP contribution in [0.25, 0.3) is 10.8 Å². The molecule has 1 atom stereocenters. The fourth-order valence-corrected chi connectivity index (χ4v) is 2.76. The van der Waals surface area contributed by atoms with Crippen LogP contribution in [-0.2, 0) is 4.79 Å². The van der Waals surface area contributed by atoms with E-state index in [9.17, 15) is 9.90 Å². The number of nitrogens with one attached hydrogen (secondary N) is 1. The van der Waals surface area contributed by atoms with Crippen LogP contribution in [0.5, 0.6) is 0 Å². The average molecular weight is 303 g/mol. The lowest BCUT2D eigenvalue weighted by molar-refractivity contribution is -0.121. The van der Waals surface area contributed by atoms with Gasteiger partial charge in [-0.2, -0.15) is 11.8 Å². The van der Waals surface area contributed by atoms with Crippen molar-refractivity contribution in [2.45, 2.75) is 19.4 Å². The van der Waals surface area contributed by atoms with Crippen molar-refractivity contribution in [1.29, 1.82) is 0 Å². The summed E-state index contributed by atoms with van der Waals surface area (Å²) >= 11 is 1.75. The molecule has 0 radical (unpaired) electrons. The van der Waals surface area contributed by atoms with E-state index < -0.39 is 6.10 Å². The second-order valence-corrected chi connectivity index (χ2v) is 6.27. The van der Waals surface area contributed by atoms with Crippen molar-refractivity contribution in [1.82, 2.24) is 5.32 Å². The lowest BCUT2D eigenvalue weighted by Gasteiger charge is -2.13. The van der Waals surface area contributed by atoms with Crippen molar-refractivity contribution in [2.24, 2.45) is 0 Å². The molecule has 2 aromatic carbocycles. The molecule has 0 aliphatic carbocycles. The molecule has 1 amide bonds. The van der Waals surface area contributed by atoms with Gasteiger partial charge in [-0.1, -0.05) is 43.3 Å². The number of fused-ring (bicyclic) bond motifs is 1. The van der Waals surface area contributed by atoms with Crippen LogP contribution in [0, 0.1) is 0 Å². The van der Waals surface area contributed by atoms with Crippen LogP contribution in [0.1, 0.15) is 25.0 Å². The fourth-order valence-electron chi connectivity index (χ4n) is 2.14.